The van der Waals surface area contributed by atoms with Gasteiger partial charge in [0.25, 0.3) is 0 Å². The van der Waals surface area contributed by atoms with Gasteiger partial charge in [-0.05, 0) is 40.9 Å². The molecule has 1 aliphatic carbocycles. The van der Waals surface area contributed by atoms with Crippen molar-refractivity contribution in [3.63, 3.8) is 0 Å². The average molecular weight is 309 g/mol. The minimum Gasteiger partial charge on any atom is -0.381 e. The summed E-state index contributed by atoms with van der Waals surface area (Å²) in [5, 5.41) is 8.03. The molecule has 1 saturated carbocycles. The van der Waals surface area contributed by atoms with Gasteiger partial charge in [0.1, 0.15) is 10.7 Å². The van der Waals surface area contributed by atoms with Gasteiger partial charge in [0.2, 0.25) is 10.0 Å². The fourth-order valence-corrected chi connectivity index (χ4v) is 3.27. The third-order valence-corrected chi connectivity index (χ3v) is 4.13. The van der Waals surface area contributed by atoms with Crippen molar-refractivity contribution in [3.05, 3.63) is 22.4 Å². The lowest BCUT2D eigenvalue weighted by atomic mass is 10.3. The molecule has 0 atom stereocenters. The molecule has 0 amide bonds. The molecule has 1 aromatic rings. The van der Waals surface area contributed by atoms with Gasteiger partial charge in [0.05, 0.1) is 5.69 Å². The van der Waals surface area contributed by atoms with Gasteiger partial charge in [-0.15, -0.1) is 0 Å². The highest BCUT2D eigenvalue weighted by Crippen LogP contribution is 2.33. The van der Waals surface area contributed by atoms with Crippen LogP contribution < -0.4 is 10.5 Å². The van der Waals surface area contributed by atoms with Crippen LogP contribution in [0.4, 0.5) is 10.1 Å². The van der Waals surface area contributed by atoms with Crippen LogP contribution >= 0.6 is 15.9 Å². The van der Waals surface area contributed by atoms with E-state index >= 15 is 0 Å². The second-order valence-electron chi connectivity index (χ2n) is 3.73. The molecular formula is C9H10BrFN2O2S. The zero-order valence-corrected chi connectivity index (χ0v) is 10.6. The molecule has 0 spiro atoms. The highest BCUT2D eigenvalue weighted by atomic mass is 79.9. The number of primary sulfonamides is 1. The zero-order chi connectivity index (χ0) is 11.9. The van der Waals surface area contributed by atoms with Gasteiger partial charge in [-0.3, -0.25) is 0 Å². The summed E-state index contributed by atoms with van der Waals surface area (Å²) >= 11 is 3.00. The maximum Gasteiger partial charge on any atom is 0.241 e. The first-order valence-electron chi connectivity index (χ1n) is 4.66. The summed E-state index contributed by atoms with van der Waals surface area (Å²) in [5.74, 6) is -0.512. The van der Waals surface area contributed by atoms with Gasteiger partial charge in [0, 0.05) is 10.5 Å². The van der Waals surface area contributed by atoms with Crippen LogP contribution in [0, 0.1) is 5.82 Å². The Labute approximate surface area is 101 Å². The minimum absolute atomic E-state index is 0.0965. The van der Waals surface area contributed by atoms with Crippen molar-refractivity contribution in [2.75, 3.05) is 5.32 Å². The SMILES string of the molecule is NS(=O)(=O)c1c(Br)cc(F)cc1NC1CC1. The van der Waals surface area contributed by atoms with Crippen LogP contribution in [0.5, 0.6) is 0 Å². The molecule has 0 unspecified atom stereocenters. The van der Waals surface area contributed by atoms with Crippen LogP contribution in [0.1, 0.15) is 12.8 Å². The molecule has 0 radical (unpaired) electrons. The number of hydrogen-bond acceptors (Lipinski definition) is 3. The maximum atomic E-state index is 13.2. The second-order valence-corrected chi connectivity index (χ2v) is 6.08. The summed E-state index contributed by atoms with van der Waals surface area (Å²) in [6.45, 7) is 0. The number of nitrogens with two attached hydrogens (primary N) is 1. The van der Waals surface area contributed by atoms with Crippen LogP contribution in [-0.4, -0.2) is 14.5 Å². The van der Waals surface area contributed by atoms with E-state index in [1.165, 1.54) is 0 Å². The molecule has 1 aliphatic rings. The summed E-state index contributed by atoms with van der Waals surface area (Å²) in [6, 6.07) is 2.44. The van der Waals surface area contributed by atoms with Crippen molar-refractivity contribution in [2.45, 2.75) is 23.8 Å². The van der Waals surface area contributed by atoms with Crippen LogP contribution in [0.2, 0.25) is 0 Å². The molecule has 1 aromatic carbocycles. The number of nitrogens with one attached hydrogen (secondary N) is 1. The third kappa shape index (κ3) is 2.53. The monoisotopic (exact) mass is 308 g/mol. The van der Waals surface area contributed by atoms with Crippen LogP contribution in [0.15, 0.2) is 21.5 Å². The molecule has 1 fully saturated rings. The van der Waals surface area contributed by atoms with Gasteiger partial charge < -0.3 is 5.32 Å². The minimum atomic E-state index is -3.87. The summed E-state index contributed by atoms with van der Waals surface area (Å²) in [7, 11) is -3.87. The van der Waals surface area contributed by atoms with Crippen molar-refractivity contribution in [1.82, 2.24) is 0 Å². The fourth-order valence-electron chi connectivity index (χ4n) is 1.40. The standard InChI is InChI=1S/C9H10BrFN2O2S/c10-7-3-5(11)4-8(13-6-1-2-6)9(7)16(12,14)15/h3-4,6,13H,1-2H2,(H2,12,14,15). The summed E-state index contributed by atoms with van der Waals surface area (Å²) < 4.78 is 36.0. The number of sulfonamides is 1. The van der Waals surface area contributed by atoms with E-state index in [0.29, 0.717) is 0 Å². The van der Waals surface area contributed by atoms with Gasteiger partial charge >= 0.3 is 0 Å². The van der Waals surface area contributed by atoms with E-state index < -0.39 is 15.8 Å². The molecule has 7 heteroatoms. The molecule has 0 aromatic heterocycles. The molecular weight excluding hydrogens is 299 g/mol. The van der Waals surface area contributed by atoms with Crippen molar-refractivity contribution in [1.29, 1.82) is 0 Å². The average Bonchev–Trinajstić information content (AvgIpc) is 2.83. The summed E-state index contributed by atoms with van der Waals surface area (Å²) in [4.78, 5) is -0.0965. The Morgan fingerprint density at radius 2 is 2.06 bits per heavy atom. The molecule has 0 aliphatic heterocycles. The van der Waals surface area contributed by atoms with Gasteiger partial charge in [0.15, 0.2) is 0 Å². The first-order chi connectivity index (χ1) is 7.38. The molecule has 88 valence electrons. The first kappa shape index (κ1) is 11.8. The van der Waals surface area contributed by atoms with E-state index in [9.17, 15) is 12.8 Å². The van der Waals surface area contributed by atoms with Crippen LogP contribution in [-0.2, 0) is 10.0 Å². The second kappa shape index (κ2) is 3.97. The third-order valence-electron chi connectivity index (χ3n) is 2.23. The van der Waals surface area contributed by atoms with E-state index in [-0.39, 0.29) is 21.1 Å². The first-order valence-corrected chi connectivity index (χ1v) is 7.00. The molecule has 2 rings (SSSR count). The van der Waals surface area contributed by atoms with E-state index in [1.807, 2.05) is 0 Å². The summed E-state index contributed by atoms with van der Waals surface area (Å²) in [5.41, 5.74) is 0.219. The van der Waals surface area contributed by atoms with E-state index in [4.69, 9.17) is 5.14 Å². The molecule has 3 N–H and O–H groups in total. The predicted octanol–water partition coefficient (Wildman–Crippen LogP) is 1.81. The largest absolute Gasteiger partial charge is 0.381 e. The van der Waals surface area contributed by atoms with Crippen LogP contribution in [0.3, 0.4) is 0 Å². The van der Waals surface area contributed by atoms with Crippen molar-refractivity contribution in [3.8, 4) is 0 Å². The smallest absolute Gasteiger partial charge is 0.241 e. The number of benzene rings is 1. The van der Waals surface area contributed by atoms with Crippen LogP contribution in [0.25, 0.3) is 0 Å². The predicted molar refractivity (Wildman–Crippen MR) is 62.1 cm³/mol. The Morgan fingerprint density at radius 3 is 2.56 bits per heavy atom. The van der Waals surface area contributed by atoms with Crippen molar-refractivity contribution >= 4 is 31.6 Å². The van der Waals surface area contributed by atoms with E-state index in [1.54, 1.807) is 0 Å². The Bertz CT molecular complexity index is 529. The quantitative estimate of drug-likeness (QED) is 0.894. The number of hydrogen-bond donors (Lipinski definition) is 2. The number of anilines is 1. The lowest BCUT2D eigenvalue weighted by Crippen LogP contribution is -2.16. The molecule has 16 heavy (non-hydrogen) atoms. The Balaban J connectivity index is 2.54. The van der Waals surface area contributed by atoms with Gasteiger partial charge in [-0.2, -0.15) is 0 Å². The molecule has 0 saturated heterocycles. The van der Waals surface area contributed by atoms with Crippen molar-refractivity contribution in [2.24, 2.45) is 5.14 Å². The van der Waals surface area contributed by atoms with Gasteiger partial charge in [-0.1, -0.05) is 0 Å². The fraction of sp³-hybridized carbons (Fsp3) is 0.333. The molecule has 4 nitrogen and oxygen atoms in total. The highest BCUT2D eigenvalue weighted by molar-refractivity contribution is 9.10. The molecule has 0 heterocycles. The zero-order valence-electron chi connectivity index (χ0n) is 8.20. The van der Waals surface area contributed by atoms with Crippen molar-refractivity contribution < 1.29 is 12.8 Å². The van der Waals surface area contributed by atoms with E-state index in [0.717, 1.165) is 25.0 Å². The Hall–Kier alpha value is -0.660. The number of rotatable bonds is 3. The summed E-state index contributed by atoms with van der Waals surface area (Å²) in [6.07, 6.45) is 1.91. The highest BCUT2D eigenvalue weighted by Gasteiger charge is 2.26. The molecule has 0 bridgehead atoms. The maximum absolute atomic E-state index is 13.2. The Kier molecular flexibility index (Phi) is 2.93. The lowest BCUT2D eigenvalue weighted by molar-refractivity contribution is 0.596. The Morgan fingerprint density at radius 1 is 1.44 bits per heavy atom. The van der Waals surface area contributed by atoms with E-state index in [2.05, 4.69) is 21.2 Å². The lowest BCUT2D eigenvalue weighted by Gasteiger charge is -2.11. The topological polar surface area (TPSA) is 72.2 Å². The van der Waals surface area contributed by atoms with Gasteiger partial charge in [-0.25, -0.2) is 17.9 Å². The number of halogens is 2. The normalized spacial score (nSPS) is 16.2.